The molecular weight excluding hydrogens is 225 g/mol. The third-order valence-corrected chi connectivity index (χ3v) is 2.01. The fraction of sp³-hybridized carbons (Fsp3) is 0.125. The van der Waals surface area contributed by atoms with Crippen molar-refractivity contribution in [3.8, 4) is 0 Å². The van der Waals surface area contributed by atoms with E-state index in [-0.39, 0.29) is 0 Å². The highest BCUT2D eigenvalue weighted by Crippen LogP contribution is 2.25. The average molecular weight is 230 g/mol. The molecule has 0 aromatic heterocycles. The van der Waals surface area contributed by atoms with Gasteiger partial charge in [0.15, 0.2) is 0 Å². The van der Waals surface area contributed by atoms with E-state index in [1.54, 1.807) is 13.0 Å². The van der Waals surface area contributed by atoms with Gasteiger partial charge in [-0.3, -0.25) is 0 Å². The van der Waals surface area contributed by atoms with Crippen molar-refractivity contribution in [1.29, 1.82) is 0 Å². The molecule has 0 aliphatic heterocycles. The number of halogens is 2. The molecule has 0 saturated heterocycles. The van der Waals surface area contributed by atoms with E-state index in [1.807, 2.05) is 0 Å². The molecule has 62 valence electrons. The lowest BCUT2D eigenvalue weighted by Gasteiger charge is -1.99. The molecule has 0 fully saturated rings. The van der Waals surface area contributed by atoms with Gasteiger partial charge in [-0.05, 0) is 34.5 Å². The van der Waals surface area contributed by atoms with Gasteiger partial charge in [-0.25, -0.2) is 9.18 Å². The molecular formula is C8H5BrFNO. The number of benzene rings is 1. The van der Waals surface area contributed by atoms with Gasteiger partial charge in [0.05, 0.1) is 10.2 Å². The lowest BCUT2D eigenvalue weighted by atomic mass is 10.2. The summed E-state index contributed by atoms with van der Waals surface area (Å²) in [5, 5.41) is 0. The van der Waals surface area contributed by atoms with Crippen LogP contribution < -0.4 is 0 Å². The molecule has 1 aromatic carbocycles. The maximum Gasteiger partial charge on any atom is 0.240 e. The number of hydrogen-bond donors (Lipinski definition) is 0. The molecule has 0 saturated carbocycles. The van der Waals surface area contributed by atoms with E-state index < -0.39 is 5.82 Å². The lowest BCUT2D eigenvalue weighted by molar-refractivity contribution is 0.565. The molecule has 0 aliphatic carbocycles. The highest BCUT2D eigenvalue weighted by atomic mass is 79.9. The summed E-state index contributed by atoms with van der Waals surface area (Å²) in [5.41, 5.74) is 1.04. The second-order valence-corrected chi connectivity index (χ2v) is 3.11. The van der Waals surface area contributed by atoms with E-state index in [2.05, 4.69) is 20.9 Å². The van der Waals surface area contributed by atoms with Crippen LogP contribution in [-0.2, 0) is 4.79 Å². The first kappa shape index (κ1) is 9.10. The number of rotatable bonds is 1. The molecule has 0 bridgehead atoms. The smallest absolute Gasteiger partial charge is 0.211 e. The summed E-state index contributed by atoms with van der Waals surface area (Å²) in [6, 6.07) is 2.75. The first-order chi connectivity index (χ1) is 5.65. The van der Waals surface area contributed by atoms with Crippen molar-refractivity contribution in [2.75, 3.05) is 0 Å². The van der Waals surface area contributed by atoms with Crippen molar-refractivity contribution in [1.82, 2.24) is 0 Å². The Morgan fingerprint density at radius 1 is 1.58 bits per heavy atom. The molecule has 0 heterocycles. The van der Waals surface area contributed by atoms with Crippen molar-refractivity contribution >= 4 is 27.7 Å². The number of hydrogen-bond acceptors (Lipinski definition) is 2. The number of aliphatic imine (C=N–C) groups is 1. The van der Waals surface area contributed by atoms with Crippen LogP contribution in [0.15, 0.2) is 21.6 Å². The van der Waals surface area contributed by atoms with Crippen molar-refractivity contribution in [3.05, 3.63) is 28.0 Å². The Morgan fingerprint density at radius 3 is 2.83 bits per heavy atom. The fourth-order valence-electron chi connectivity index (χ4n) is 0.805. The second-order valence-electron chi connectivity index (χ2n) is 2.26. The zero-order chi connectivity index (χ0) is 9.14. The minimum atomic E-state index is -0.436. The van der Waals surface area contributed by atoms with Gasteiger partial charge in [0.2, 0.25) is 6.08 Å². The third kappa shape index (κ3) is 1.78. The predicted molar refractivity (Wildman–Crippen MR) is 46.6 cm³/mol. The van der Waals surface area contributed by atoms with Gasteiger partial charge in [-0.15, -0.1) is 0 Å². The molecule has 1 rings (SSSR count). The predicted octanol–water partition coefficient (Wildman–Crippen LogP) is 2.86. The normalized spacial score (nSPS) is 9.25. The van der Waals surface area contributed by atoms with Crippen molar-refractivity contribution < 1.29 is 9.18 Å². The van der Waals surface area contributed by atoms with Crippen LogP contribution in [-0.4, -0.2) is 6.08 Å². The number of isocyanates is 1. The van der Waals surface area contributed by atoms with Gasteiger partial charge < -0.3 is 0 Å². The maximum absolute atomic E-state index is 12.8. The zero-order valence-electron chi connectivity index (χ0n) is 6.27. The van der Waals surface area contributed by atoms with Crippen LogP contribution in [0.5, 0.6) is 0 Å². The number of nitrogens with zero attached hydrogens (tertiary/aromatic N) is 1. The van der Waals surface area contributed by atoms with Crippen LogP contribution >= 0.6 is 15.9 Å². The van der Waals surface area contributed by atoms with Crippen LogP contribution in [0.25, 0.3) is 0 Å². The summed E-state index contributed by atoms with van der Waals surface area (Å²) in [4.78, 5) is 13.2. The summed E-state index contributed by atoms with van der Waals surface area (Å²) in [5.74, 6) is -0.436. The van der Waals surface area contributed by atoms with E-state index in [4.69, 9.17) is 0 Å². The van der Waals surface area contributed by atoms with Crippen LogP contribution in [0.3, 0.4) is 0 Å². The Labute approximate surface area is 77.3 Å². The van der Waals surface area contributed by atoms with Crippen LogP contribution in [0.1, 0.15) is 5.56 Å². The fourth-order valence-corrected chi connectivity index (χ4v) is 1.26. The van der Waals surface area contributed by atoms with E-state index in [0.29, 0.717) is 10.2 Å². The largest absolute Gasteiger partial charge is 0.240 e. The van der Waals surface area contributed by atoms with Gasteiger partial charge in [0, 0.05) is 6.07 Å². The van der Waals surface area contributed by atoms with Crippen molar-refractivity contribution in [2.45, 2.75) is 6.92 Å². The molecule has 0 unspecified atom stereocenters. The monoisotopic (exact) mass is 229 g/mol. The Morgan fingerprint density at radius 2 is 2.25 bits per heavy atom. The van der Waals surface area contributed by atoms with E-state index in [9.17, 15) is 9.18 Å². The average Bonchev–Trinajstić information content (AvgIpc) is 2.01. The summed E-state index contributed by atoms with van der Waals surface area (Å²) < 4.78 is 13.2. The Bertz CT molecular complexity index is 358. The molecule has 1 aromatic rings. The van der Waals surface area contributed by atoms with Gasteiger partial charge >= 0.3 is 0 Å². The van der Waals surface area contributed by atoms with E-state index in [0.717, 1.165) is 5.56 Å². The Hall–Kier alpha value is -0.990. The highest BCUT2D eigenvalue weighted by Gasteiger charge is 2.03. The van der Waals surface area contributed by atoms with Crippen molar-refractivity contribution in [2.24, 2.45) is 4.99 Å². The van der Waals surface area contributed by atoms with E-state index >= 15 is 0 Å². The van der Waals surface area contributed by atoms with Crippen LogP contribution in [0, 0.1) is 12.7 Å². The molecule has 2 nitrogen and oxygen atoms in total. The van der Waals surface area contributed by atoms with E-state index in [1.165, 1.54) is 12.1 Å². The summed E-state index contributed by atoms with van der Waals surface area (Å²) in [7, 11) is 0. The zero-order valence-corrected chi connectivity index (χ0v) is 7.85. The van der Waals surface area contributed by atoms with Gasteiger partial charge in [-0.2, -0.15) is 4.99 Å². The van der Waals surface area contributed by atoms with Gasteiger partial charge in [0.25, 0.3) is 0 Å². The minimum Gasteiger partial charge on any atom is -0.211 e. The molecule has 4 heteroatoms. The molecule has 0 atom stereocenters. The van der Waals surface area contributed by atoms with Gasteiger partial charge in [-0.1, -0.05) is 0 Å². The highest BCUT2D eigenvalue weighted by molar-refractivity contribution is 9.10. The molecule has 0 spiro atoms. The molecule has 12 heavy (non-hydrogen) atoms. The molecule has 0 aliphatic rings. The standard InChI is InChI=1S/C8H5BrFNO/c1-5-2-6(9)7(10)3-8(5)11-4-12/h2-3H,1H3. The molecule has 0 radical (unpaired) electrons. The number of carbonyl (C=O) groups excluding carboxylic acids is 1. The van der Waals surface area contributed by atoms with Crippen molar-refractivity contribution in [3.63, 3.8) is 0 Å². The summed E-state index contributed by atoms with van der Waals surface area (Å²) in [6.45, 7) is 1.74. The molecule has 0 amide bonds. The Kier molecular flexibility index (Phi) is 2.74. The second kappa shape index (κ2) is 3.61. The minimum absolute atomic E-state index is 0.311. The van der Waals surface area contributed by atoms with Crippen LogP contribution in [0.4, 0.5) is 10.1 Å². The topological polar surface area (TPSA) is 29.4 Å². The summed E-state index contributed by atoms with van der Waals surface area (Å²) >= 11 is 3.02. The first-order valence-corrected chi connectivity index (χ1v) is 3.98. The summed E-state index contributed by atoms with van der Waals surface area (Å²) in [6.07, 6.45) is 1.36. The van der Waals surface area contributed by atoms with Gasteiger partial charge in [0.1, 0.15) is 5.82 Å². The third-order valence-electron chi connectivity index (χ3n) is 1.40. The number of aryl methyl sites for hydroxylation is 1. The van der Waals surface area contributed by atoms with Crippen LogP contribution in [0.2, 0.25) is 0 Å². The Balaban J connectivity index is 3.32. The quantitative estimate of drug-likeness (QED) is 0.538. The lowest BCUT2D eigenvalue weighted by Crippen LogP contribution is -1.80. The molecule has 0 N–H and O–H groups in total. The SMILES string of the molecule is Cc1cc(Br)c(F)cc1N=C=O. The maximum atomic E-state index is 12.8. The first-order valence-electron chi connectivity index (χ1n) is 3.18.